The quantitative estimate of drug-likeness (QED) is 0.715. The van der Waals surface area contributed by atoms with Crippen LogP contribution < -0.4 is 0 Å². The third kappa shape index (κ3) is 1.94. The third-order valence-corrected chi connectivity index (χ3v) is 3.56. The molecule has 0 saturated heterocycles. The molecule has 0 aliphatic heterocycles. The summed E-state index contributed by atoms with van der Waals surface area (Å²) < 4.78 is 10.7. The summed E-state index contributed by atoms with van der Waals surface area (Å²) in [6, 6.07) is 12.7. The van der Waals surface area contributed by atoms with Crippen molar-refractivity contribution in [3.05, 3.63) is 42.5 Å². The van der Waals surface area contributed by atoms with Crippen LogP contribution in [0.5, 0.6) is 0 Å². The first-order valence-electron chi connectivity index (χ1n) is 4.29. The maximum absolute atomic E-state index is 11.6. The van der Waals surface area contributed by atoms with Crippen molar-refractivity contribution in [1.29, 1.82) is 0 Å². The number of carbonyl (C=O) groups is 1. The molecule has 2 aromatic carbocycles. The van der Waals surface area contributed by atoms with Crippen LogP contribution in [0.3, 0.4) is 0 Å². The van der Waals surface area contributed by atoms with Gasteiger partial charge in [0.15, 0.2) is 0 Å². The van der Waals surface area contributed by atoms with Crippen LogP contribution in [0.1, 0.15) is 0 Å². The van der Waals surface area contributed by atoms with Crippen molar-refractivity contribution in [3.63, 3.8) is 0 Å². The highest BCUT2D eigenvalue weighted by Gasteiger charge is 2.13. The fourth-order valence-corrected chi connectivity index (χ4v) is 2.45. The Labute approximate surface area is 94.3 Å². The summed E-state index contributed by atoms with van der Waals surface area (Å²) in [5.74, 6) is 0. The lowest BCUT2D eigenvalue weighted by molar-refractivity contribution is 0.275. The van der Waals surface area contributed by atoms with Crippen LogP contribution in [0.2, 0.25) is 0 Å². The average molecular weight is 239 g/mol. The molecular formula is C11H7ClO2S. The van der Waals surface area contributed by atoms with Crippen LogP contribution in [0.4, 0.5) is 4.79 Å². The van der Waals surface area contributed by atoms with E-state index < -0.39 is 15.4 Å². The van der Waals surface area contributed by atoms with Crippen molar-refractivity contribution in [2.75, 3.05) is 0 Å². The zero-order valence-corrected chi connectivity index (χ0v) is 9.22. The van der Waals surface area contributed by atoms with Gasteiger partial charge in [0, 0.05) is 0 Å². The first kappa shape index (κ1) is 10.3. The predicted octanol–water partition coefficient (Wildman–Crippen LogP) is 3.31. The van der Waals surface area contributed by atoms with Crippen LogP contribution in [0, 0.1) is 0 Å². The molecule has 2 rings (SSSR count). The Bertz CT molecular complexity index is 546. The first-order valence-corrected chi connectivity index (χ1v) is 5.82. The highest BCUT2D eigenvalue weighted by molar-refractivity contribution is 8.03. The molecule has 1 atom stereocenters. The van der Waals surface area contributed by atoms with Gasteiger partial charge in [-0.1, -0.05) is 36.4 Å². The van der Waals surface area contributed by atoms with Gasteiger partial charge in [0.2, 0.25) is 0 Å². The zero-order chi connectivity index (χ0) is 10.8. The van der Waals surface area contributed by atoms with E-state index in [0.717, 1.165) is 10.8 Å². The van der Waals surface area contributed by atoms with Crippen LogP contribution >= 0.6 is 11.6 Å². The number of carbonyl (C=O) groups excluding carboxylic acids is 1. The summed E-state index contributed by atoms with van der Waals surface area (Å²) in [7, 11) is -1.78. The zero-order valence-electron chi connectivity index (χ0n) is 7.64. The molecule has 2 nitrogen and oxygen atoms in total. The number of halogens is 1. The monoisotopic (exact) mass is 238 g/mol. The Morgan fingerprint density at radius 1 is 1.07 bits per heavy atom. The van der Waals surface area contributed by atoms with E-state index in [9.17, 15) is 9.00 Å². The van der Waals surface area contributed by atoms with Gasteiger partial charge < -0.3 is 0 Å². The Morgan fingerprint density at radius 2 is 1.73 bits per heavy atom. The van der Waals surface area contributed by atoms with E-state index in [-0.39, 0.29) is 0 Å². The van der Waals surface area contributed by atoms with Crippen molar-refractivity contribution in [3.8, 4) is 0 Å². The molecule has 0 heterocycles. The van der Waals surface area contributed by atoms with Gasteiger partial charge in [-0.3, -0.25) is 4.79 Å². The first-order chi connectivity index (χ1) is 7.20. The summed E-state index contributed by atoms with van der Waals surface area (Å²) in [6.07, 6.45) is 0. The minimum absolute atomic E-state index is 0.466. The minimum atomic E-state index is -1.78. The molecule has 0 spiro atoms. The molecule has 0 fully saturated rings. The number of hydrogen-bond donors (Lipinski definition) is 0. The second kappa shape index (κ2) is 4.13. The van der Waals surface area contributed by atoms with E-state index in [2.05, 4.69) is 0 Å². The SMILES string of the molecule is O=C(Cl)S(=O)c1cccc2ccccc12. The highest BCUT2D eigenvalue weighted by atomic mass is 35.5. The molecule has 0 N–H and O–H groups in total. The van der Waals surface area contributed by atoms with E-state index in [1.807, 2.05) is 30.3 Å². The Hall–Kier alpha value is -1.19. The van der Waals surface area contributed by atoms with E-state index in [1.54, 1.807) is 12.1 Å². The number of fused-ring (bicyclic) bond motifs is 1. The number of rotatable bonds is 1. The summed E-state index contributed by atoms with van der Waals surface area (Å²) in [4.78, 5) is 11.3. The summed E-state index contributed by atoms with van der Waals surface area (Å²) >= 11 is 5.22. The summed E-state index contributed by atoms with van der Waals surface area (Å²) in [5, 5.41) is 1.74. The minimum Gasteiger partial charge on any atom is -0.265 e. The van der Waals surface area contributed by atoms with Gasteiger partial charge in [0.25, 0.3) is 0 Å². The topological polar surface area (TPSA) is 34.1 Å². The number of hydrogen-bond acceptors (Lipinski definition) is 2. The number of benzene rings is 2. The molecule has 0 aliphatic rings. The average Bonchev–Trinajstić information content (AvgIpc) is 2.27. The van der Waals surface area contributed by atoms with Gasteiger partial charge in [-0.15, -0.1) is 0 Å². The molecule has 0 radical (unpaired) electrons. The van der Waals surface area contributed by atoms with Gasteiger partial charge >= 0.3 is 4.57 Å². The molecule has 0 bridgehead atoms. The lowest BCUT2D eigenvalue weighted by Crippen LogP contribution is -1.98. The maximum Gasteiger partial charge on any atom is 0.314 e. The fraction of sp³-hybridized carbons (Fsp3) is 0. The van der Waals surface area contributed by atoms with Crippen molar-refractivity contribution in [2.24, 2.45) is 0 Å². The molecule has 0 aliphatic carbocycles. The Morgan fingerprint density at radius 3 is 2.47 bits per heavy atom. The second-order valence-electron chi connectivity index (χ2n) is 2.98. The molecule has 0 saturated carbocycles. The molecule has 2 aromatic rings. The van der Waals surface area contributed by atoms with Crippen molar-refractivity contribution in [1.82, 2.24) is 0 Å². The van der Waals surface area contributed by atoms with Crippen LogP contribution in [0.25, 0.3) is 10.8 Å². The molecule has 4 heteroatoms. The summed E-state index contributed by atoms with van der Waals surface area (Å²) in [5.41, 5.74) is 0. The molecule has 0 aromatic heterocycles. The second-order valence-corrected chi connectivity index (χ2v) is 4.90. The molecule has 76 valence electrons. The fourth-order valence-electron chi connectivity index (χ4n) is 1.44. The standard InChI is InChI=1S/C11H7ClO2S/c12-11(13)15(14)10-7-3-5-8-4-1-2-6-9(8)10/h1-7H. The Kier molecular flexibility index (Phi) is 2.84. The smallest absolute Gasteiger partial charge is 0.265 e. The molecule has 1 unspecified atom stereocenters. The maximum atomic E-state index is 11.6. The third-order valence-electron chi connectivity index (χ3n) is 2.10. The van der Waals surface area contributed by atoms with E-state index in [0.29, 0.717) is 4.90 Å². The molecule has 15 heavy (non-hydrogen) atoms. The van der Waals surface area contributed by atoms with Crippen LogP contribution in [-0.4, -0.2) is 8.78 Å². The van der Waals surface area contributed by atoms with E-state index in [4.69, 9.17) is 11.6 Å². The van der Waals surface area contributed by atoms with Gasteiger partial charge in [-0.25, -0.2) is 4.21 Å². The van der Waals surface area contributed by atoms with E-state index in [1.165, 1.54) is 0 Å². The van der Waals surface area contributed by atoms with Crippen molar-refractivity contribution >= 4 is 37.7 Å². The van der Waals surface area contributed by atoms with Gasteiger partial charge in [-0.05, 0) is 28.4 Å². The lowest BCUT2D eigenvalue weighted by atomic mass is 10.1. The van der Waals surface area contributed by atoms with E-state index >= 15 is 0 Å². The largest absolute Gasteiger partial charge is 0.314 e. The van der Waals surface area contributed by atoms with Gasteiger partial charge in [0.05, 0.1) is 4.90 Å². The predicted molar refractivity (Wildman–Crippen MR) is 61.6 cm³/mol. The van der Waals surface area contributed by atoms with Crippen LogP contribution in [0.15, 0.2) is 47.4 Å². The van der Waals surface area contributed by atoms with Gasteiger partial charge in [0.1, 0.15) is 10.8 Å². The van der Waals surface area contributed by atoms with Crippen molar-refractivity contribution < 1.29 is 9.00 Å². The van der Waals surface area contributed by atoms with Gasteiger partial charge in [-0.2, -0.15) is 0 Å². The molecule has 0 amide bonds. The molecular weight excluding hydrogens is 232 g/mol. The summed E-state index contributed by atoms with van der Waals surface area (Å²) in [6.45, 7) is 0. The highest BCUT2D eigenvalue weighted by Crippen LogP contribution is 2.22. The lowest BCUT2D eigenvalue weighted by Gasteiger charge is -2.02. The van der Waals surface area contributed by atoms with Crippen molar-refractivity contribution in [2.45, 2.75) is 4.90 Å². The normalized spacial score (nSPS) is 12.6. The van der Waals surface area contributed by atoms with Crippen LogP contribution in [-0.2, 0) is 10.8 Å². The Balaban J connectivity index is 2.71.